The highest BCUT2D eigenvalue weighted by Gasteiger charge is 2.41. The van der Waals surface area contributed by atoms with Crippen molar-refractivity contribution in [3.8, 4) is 5.75 Å². The van der Waals surface area contributed by atoms with Gasteiger partial charge in [-0.05, 0) is 0 Å². The minimum Gasteiger partial charge on any atom is -0.494 e. The van der Waals surface area contributed by atoms with Crippen molar-refractivity contribution in [3.63, 3.8) is 0 Å². The zero-order chi connectivity index (χ0) is 15.1. The smallest absolute Gasteiger partial charge is 0.324 e. The summed E-state index contributed by atoms with van der Waals surface area (Å²) in [6.07, 6.45) is -3.85. The highest BCUT2D eigenvalue weighted by Crippen LogP contribution is 2.31. The lowest BCUT2D eigenvalue weighted by molar-refractivity contribution is -0.136. The summed E-state index contributed by atoms with van der Waals surface area (Å²) in [5, 5.41) is 0. The molecule has 1 aromatic carbocycles. The van der Waals surface area contributed by atoms with Gasteiger partial charge in [0.2, 0.25) is 5.95 Å². The molecule has 0 aliphatic heterocycles. The van der Waals surface area contributed by atoms with Crippen molar-refractivity contribution in [1.29, 1.82) is 0 Å². The van der Waals surface area contributed by atoms with E-state index in [1.54, 1.807) is 0 Å². The van der Waals surface area contributed by atoms with E-state index in [2.05, 4.69) is 4.98 Å². The molecule has 4 nitrogen and oxygen atoms in total. The third-order valence-corrected chi connectivity index (χ3v) is 2.74. The fourth-order valence-corrected chi connectivity index (χ4v) is 1.75. The number of aromatic nitrogens is 2. The van der Waals surface area contributed by atoms with Crippen molar-refractivity contribution >= 4 is 17.0 Å². The largest absolute Gasteiger partial charge is 0.494 e. The molecule has 0 unspecified atom stereocenters. The van der Waals surface area contributed by atoms with Crippen LogP contribution in [-0.2, 0) is 6.54 Å². The van der Waals surface area contributed by atoms with Gasteiger partial charge in [0.1, 0.15) is 0 Å². The Morgan fingerprint density at radius 3 is 2.60 bits per heavy atom. The van der Waals surface area contributed by atoms with Gasteiger partial charge in [-0.3, -0.25) is 0 Å². The van der Waals surface area contributed by atoms with E-state index in [4.69, 9.17) is 10.5 Å². The minimum absolute atomic E-state index is 0.0129. The molecule has 0 aliphatic carbocycles. The molecule has 2 aromatic rings. The Balaban J connectivity index is 2.55. The molecule has 0 amide bonds. The summed E-state index contributed by atoms with van der Waals surface area (Å²) < 4.78 is 69.6. The van der Waals surface area contributed by atoms with Gasteiger partial charge in [0.25, 0.3) is 0 Å². The van der Waals surface area contributed by atoms with E-state index >= 15 is 0 Å². The van der Waals surface area contributed by atoms with Crippen LogP contribution in [0.5, 0.6) is 5.75 Å². The molecule has 9 heteroatoms. The molecule has 1 aromatic heterocycles. The van der Waals surface area contributed by atoms with Crippen molar-refractivity contribution in [2.75, 3.05) is 12.8 Å². The molecule has 0 bridgehead atoms. The quantitative estimate of drug-likeness (QED) is 0.882. The van der Waals surface area contributed by atoms with Crippen LogP contribution in [0, 0.1) is 5.82 Å². The van der Waals surface area contributed by atoms with E-state index in [-0.39, 0.29) is 16.8 Å². The van der Waals surface area contributed by atoms with Gasteiger partial charge in [0, 0.05) is 12.1 Å². The van der Waals surface area contributed by atoms with Crippen LogP contribution >= 0.6 is 0 Å². The van der Waals surface area contributed by atoms with Crippen LogP contribution < -0.4 is 10.5 Å². The Hall–Kier alpha value is -2.06. The summed E-state index contributed by atoms with van der Waals surface area (Å²) in [5.41, 5.74) is 5.38. The average Bonchev–Trinajstić information content (AvgIpc) is 2.63. The molecule has 0 spiro atoms. The lowest BCUT2D eigenvalue weighted by atomic mass is 10.2. The van der Waals surface area contributed by atoms with Crippen molar-refractivity contribution in [3.05, 3.63) is 17.9 Å². The Morgan fingerprint density at radius 1 is 1.40 bits per heavy atom. The Morgan fingerprint density at radius 2 is 2.05 bits per heavy atom. The first-order valence-electron chi connectivity index (χ1n) is 5.41. The number of nitrogens with two attached hydrogens (primary N) is 1. The number of halogens is 5. The van der Waals surface area contributed by atoms with Crippen molar-refractivity contribution in [2.45, 2.75) is 18.9 Å². The molecule has 0 radical (unpaired) electrons. The number of alkyl halides is 4. The molecule has 0 saturated carbocycles. The van der Waals surface area contributed by atoms with E-state index in [1.165, 1.54) is 7.11 Å². The minimum atomic E-state index is -4.27. The van der Waals surface area contributed by atoms with E-state index in [0.717, 1.165) is 12.1 Å². The van der Waals surface area contributed by atoms with Gasteiger partial charge >= 0.3 is 12.3 Å². The normalized spacial score (nSPS) is 12.3. The predicted molar refractivity (Wildman–Crippen MR) is 61.6 cm³/mol. The third-order valence-electron chi connectivity index (χ3n) is 2.74. The second-order valence-corrected chi connectivity index (χ2v) is 4.09. The molecule has 0 saturated heterocycles. The molecule has 0 fully saturated rings. The maximum Gasteiger partial charge on any atom is 0.324 e. The van der Waals surface area contributed by atoms with E-state index in [1.807, 2.05) is 0 Å². The van der Waals surface area contributed by atoms with Crippen LogP contribution in [0.3, 0.4) is 0 Å². The Bertz CT molecular complexity index is 641. The van der Waals surface area contributed by atoms with Crippen LogP contribution in [0.25, 0.3) is 11.0 Å². The van der Waals surface area contributed by atoms with Gasteiger partial charge in [-0.2, -0.15) is 8.78 Å². The molecule has 2 N–H and O–H groups in total. The average molecular weight is 295 g/mol. The number of rotatable bonds is 4. The van der Waals surface area contributed by atoms with Crippen LogP contribution in [0.1, 0.15) is 0 Å². The lowest BCUT2D eigenvalue weighted by Gasteiger charge is -2.17. The molecule has 110 valence electrons. The van der Waals surface area contributed by atoms with Gasteiger partial charge in [0.15, 0.2) is 11.6 Å². The Labute approximate surface area is 109 Å². The van der Waals surface area contributed by atoms with Crippen LogP contribution in [0.15, 0.2) is 12.1 Å². The number of fused-ring (bicyclic) bond motifs is 1. The summed E-state index contributed by atoms with van der Waals surface area (Å²) in [5.74, 6) is -5.67. The molecular formula is C11H10F5N3O. The van der Waals surface area contributed by atoms with Crippen LogP contribution in [-0.4, -0.2) is 29.0 Å². The van der Waals surface area contributed by atoms with Gasteiger partial charge in [-0.15, -0.1) is 0 Å². The summed E-state index contributed by atoms with van der Waals surface area (Å²) in [6.45, 7) is -1.36. The van der Waals surface area contributed by atoms with Gasteiger partial charge in [-0.1, -0.05) is 0 Å². The third kappa shape index (κ3) is 2.35. The molecule has 0 aliphatic rings. The summed E-state index contributed by atoms with van der Waals surface area (Å²) in [6, 6.07) is 2.01. The first-order chi connectivity index (χ1) is 9.26. The number of ether oxygens (including phenoxy) is 1. The SMILES string of the molecule is COc1cc2c(cc1F)nc(N)n2CC(F)(F)C(F)F. The maximum absolute atomic E-state index is 13.4. The number of benzene rings is 1. The molecule has 2 rings (SSSR count). The van der Waals surface area contributed by atoms with Crippen molar-refractivity contribution in [2.24, 2.45) is 0 Å². The highest BCUT2D eigenvalue weighted by atomic mass is 19.3. The fraction of sp³-hybridized carbons (Fsp3) is 0.364. The maximum atomic E-state index is 13.4. The lowest BCUT2D eigenvalue weighted by Crippen LogP contribution is -2.32. The zero-order valence-electron chi connectivity index (χ0n) is 10.2. The highest BCUT2D eigenvalue weighted by molar-refractivity contribution is 5.80. The monoisotopic (exact) mass is 295 g/mol. The predicted octanol–water partition coefficient (Wildman–Crippen LogP) is 2.67. The number of anilines is 1. The second-order valence-electron chi connectivity index (χ2n) is 4.09. The number of nitrogens with zero attached hydrogens (tertiary/aromatic N) is 2. The van der Waals surface area contributed by atoms with Crippen molar-refractivity contribution in [1.82, 2.24) is 9.55 Å². The van der Waals surface area contributed by atoms with Gasteiger partial charge < -0.3 is 15.0 Å². The van der Waals surface area contributed by atoms with Crippen molar-refractivity contribution < 1.29 is 26.7 Å². The zero-order valence-corrected chi connectivity index (χ0v) is 10.2. The fourth-order valence-electron chi connectivity index (χ4n) is 1.75. The van der Waals surface area contributed by atoms with E-state index in [9.17, 15) is 22.0 Å². The first kappa shape index (κ1) is 14.4. The Kier molecular flexibility index (Phi) is 3.45. The topological polar surface area (TPSA) is 53.1 Å². The number of methoxy groups -OCH3 is 1. The number of hydrogen-bond acceptors (Lipinski definition) is 3. The summed E-state index contributed by atoms with van der Waals surface area (Å²) in [7, 11) is 1.18. The first-order valence-corrected chi connectivity index (χ1v) is 5.41. The van der Waals surface area contributed by atoms with Gasteiger partial charge in [-0.25, -0.2) is 18.2 Å². The molecular weight excluding hydrogens is 285 g/mol. The van der Waals surface area contributed by atoms with E-state index < -0.39 is 30.7 Å². The van der Waals surface area contributed by atoms with Crippen LogP contribution in [0.4, 0.5) is 27.9 Å². The van der Waals surface area contributed by atoms with Gasteiger partial charge in [0.05, 0.1) is 24.7 Å². The van der Waals surface area contributed by atoms with Crippen LogP contribution in [0.2, 0.25) is 0 Å². The summed E-state index contributed by atoms with van der Waals surface area (Å²) in [4.78, 5) is 3.66. The molecule has 20 heavy (non-hydrogen) atoms. The van der Waals surface area contributed by atoms with E-state index in [0.29, 0.717) is 4.57 Å². The summed E-state index contributed by atoms with van der Waals surface area (Å²) >= 11 is 0. The molecule has 1 heterocycles. The number of nitrogen functional groups attached to an aromatic ring is 1. The second kappa shape index (κ2) is 4.80. The number of imidazole rings is 1. The molecule has 0 atom stereocenters. The number of hydrogen-bond donors (Lipinski definition) is 1. The standard InChI is InChI=1S/C11H10F5N3O/c1-20-8-3-7-6(2-5(8)12)18-10(17)19(7)4-11(15,16)9(13)14/h2-3,9H,4H2,1H3,(H2,17,18).